The molecule has 6 nitrogen and oxygen atoms in total. The minimum atomic E-state index is -0.905. The van der Waals surface area contributed by atoms with Gasteiger partial charge in [0, 0.05) is 18.9 Å². The molecular formula is C17H23NO5. The molecule has 1 aromatic rings. The zero-order chi connectivity index (χ0) is 17.0. The second kappa shape index (κ2) is 6.89. The van der Waals surface area contributed by atoms with Crippen molar-refractivity contribution in [3.05, 3.63) is 29.3 Å². The fraction of sp³-hybridized carbons (Fsp3) is 0.529. The molecule has 1 aromatic carbocycles. The molecule has 6 heteroatoms. The van der Waals surface area contributed by atoms with Crippen molar-refractivity contribution in [2.24, 2.45) is 0 Å². The molecule has 0 radical (unpaired) electrons. The number of carboxylic acids is 1. The van der Waals surface area contributed by atoms with Gasteiger partial charge in [-0.2, -0.15) is 0 Å². The van der Waals surface area contributed by atoms with Crippen LogP contribution < -0.4 is 10.1 Å². The molecule has 0 bridgehead atoms. The van der Waals surface area contributed by atoms with Gasteiger partial charge in [-0.25, -0.2) is 4.79 Å². The zero-order valence-electron chi connectivity index (χ0n) is 13.7. The van der Waals surface area contributed by atoms with Crippen molar-refractivity contribution >= 4 is 12.1 Å². The van der Waals surface area contributed by atoms with Crippen molar-refractivity contribution in [1.29, 1.82) is 0 Å². The molecule has 1 heterocycles. The summed E-state index contributed by atoms with van der Waals surface area (Å²) in [4.78, 5) is 22.9. The first kappa shape index (κ1) is 17.1. The van der Waals surface area contributed by atoms with E-state index in [1.807, 2.05) is 18.2 Å². The smallest absolute Gasteiger partial charge is 0.407 e. The van der Waals surface area contributed by atoms with Gasteiger partial charge < -0.3 is 19.9 Å². The number of carbonyl (C=O) groups excluding carboxylic acids is 1. The van der Waals surface area contributed by atoms with Crippen molar-refractivity contribution < 1.29 is 24.2 Å². The fourth-order valence-electron chi connectivity index (χ4n) is 2.50. The molecule has 2 rings (SSSR count). The lowest BCUT2D eigenvalue weighted by Gasteiger charge is -2.22. The van der Waals surface area contributed by atoms with Crippen LogP contribution in [0.2, 0.25) is 0 Å². The van der Waals surface area contributed by atoms with E-state index in [1.165, 1.54) is 0 Å². The van der Waals surface area contributed by atoms with Crippen LogP contribution in [0.4, 0.5) is 4.79 Å². The molecule has 0 saturated carbocycles. The van der Waals surface area contributed by atoms with Crippen LogP contribution in [0.15, 0.2) is 18.2 Å². The number of nitrogens with one attached hydrogen (secondary N) is 1. The molecule has 0 spiro atoms. The van der Waals surface area contributed by atoms with Crippen molar-refractivity contribution in [3.63, 3.8) is 0 Å². The average Bonchev–Trinajstić information content (AvgIpc) is 2.88. The van der Waals surface area contributed by atoms with E-state index in [1.54, 1.807) is 20.8 Å². The summed E-state index contributed by atoms with van der Waals surface area (Å²) in [5.41, 5.74) is 1.37. The number of carbonyl (C=O) groups is 2. The van der Waals surface area contributed by atoms with E-state index in [-0.39, 0.29) is 18.9 Å². The van der Waals surface area contributed by atoms with Gasteiger partial charge in [0.25, 0.3) is 0 Å². The van der Waals surface area contributed by atoms with Crippen LogP contribution in [0.1, 0.15) is 44.2 Å². The van der Waals surface area contributed by atoms with E-state index in [0.29, 0.717) is 6.61 Å². The third-order valence-corrected chi connectivity index (χ3v) is 3.50. The highest BCUT2D eigenvalue weighted by Gasteiger charge is 2.22. The molecule has 126 valence electrons. The number of hydrogen-bond donors (Lipinski definition) is 2. The van der Waals surface area contributed by atoms with Gasteiger partial charge in [-0.3, -0.25) is 4.79 Å². The van der Waals surface area contributed by atoms with Crippen LogP contribution in [0, 0.1) is 0 Å². The number of aliphatic carboxylic acids is 1. The topological polar surface area (TPSA) is 84.9 Å². The van der Waals surface area contributed by atoms with Gasteiger partial charge >= 0.3 is 12.1 Å². The van der Waals surface area contributed by atoms with Gasteiger partial charge in [0.2, 0.25) is 0 Å². The molecule has 1 aliphatic rings. The second-order valence-electron chi connectivity index (χ2n) is 6.64. The van der Waals surface area contributed by atoms with E-state index in [2.05, 4.69) is 5.32 Å². The molecular weight excluding hydrogens is 298 g/mol. The average molecular weight is 321 g/mol. The first-order chi connectivity index (χ1) is 10.7. The summed E-state index contributed by atoms with van der Waals surface area (Å²) in [5.74, 6) is -0.369. The van der Waals surface area contributed by atoms with E-state index >= 15 is 0 Å². The molecule has 1 unspecified atom stereocenters. The van der Waals surface area contributed by atoms with Gasteiger partial charge in [0.15, 0.2) is 0 Å². The summed E-state index contributed by atoms with van der Waals surface area (Å²) in [6.45, 7) is 6.20. The first-order valence-electron chi connectivity index (χ1n) is 7.69. The molecule has 2 N–H and O–H groups in total. The number of ether oxygens (including phenoxy) is 2. The van der Waals surface area contributed by atoms with Gasteiger partial charge in [-0.15, -0.1) is 0 Å². The minimum absolute atomic E-state index is 0.0601. The van der Waals surface area contributed by atoms with Crippen LogP contribution in [-0.4, -0.2) is 35.9 Å². The summed E-state index contributed by atoms with van der Waals surface area (Å²) >= 11 is 0. The lowest BCUT2D eigenvalue weighted by molar-refractivity contribution is -0.137. The van der Waals surface area contributed by atoms with Gasteiger partial charge in [0.1, 0.15) is 11.4 Å². The van der Waals surface area contributed by atoms with E-state index in [0.717, 1.165) is 23.3 Å². The van der Waals surface area contributed by atoms with Crippen LogP contribution in [0.3, 0.4) is 0 Å². The Hall–Kier alpha value is -2.24. The Morgan fingerprint density at radius 1 is 1.39 bits per heavy atom. The van der Waals surface area contributed by atoms with Gasteiger partial charge in [-0.1, -0.05) is 12.1 Å². The van der Waals surface area contributed by atoms with Crippen LogP contribution in [-0.2, 0) is 16.0 Å². The highest BCUT2D eigenvalue weighted by molar-refractivity contribution is 5.70. The third-order valence-electron chi connectivity index (χ3n) is 3.50. The van der Waals surface area contributed by atoms with Crippen molar-refractivity contribution in [2.75, 3.05) is 13.2 Å². The summed E-state index contributed by atoms with van der Waals surface area (Å²) < 4.78 is 10.6. The summed E-state index contributed by atoms with van der Waals surface area (Å²) in [6.07, 6.45) is 0.218. The van der Waals surface area contributed by atoms with Gasteiger partial charge in [0.05, 0.1) is 13.0 Å². The monoisotopic (exact) mass is 321 g/mol. The maximum Gasteiger partial charge on any atom is 0.407 e. The SMILES string of the molecule is CC(C)(C)OC(=O)NCC(CC(=O)O)c1ccc2c(c1)CCO2. The first-order valence-corrected chi connectivity index (χ1v) is 7.69. The standard InChI is InChI=1S/C17H23NO5/c1-17(2,3)23-16(21)18-10-13(9-15(19)20)11-4-5-14-12(8-11)6-7-22-14/h4-5,8,13H,6-7,9-10H2,1-3H3,(H,18,21)(H,19,20). The third kappa shape index (κ3) is 5.16. The fourth-order valence-corrected chi connectivity index (χ4v) is 2.50. The predicted octanol–water partition coefficient (Wildman–Crippen LogP) is 2.70. The van der Waals surface area contributed by atoms with Crippen LogP contribution in [0.5, 0.6) is 5.75 Å². The minimum Gasteiger partial charge on any atom is -0.493 e. The Balaban J connectivity index is 2.05. The van der Waals surface area contributed by atoms with Crippen LogP contribution in [0.25, 0.3) is 0 Å². The van der Waals surface area contributed by atoms with Crippen molar-refractivity contribution in [2.45, 2.75) is 45.1 Å². The normalized spacial score (nSPS) is 14.6. The number of benzene rings is 1. The van der Waals surface area contributed by atoms with E-state index in [9.17, 15) is 9.59 Å². The molecule has 0 aliphatic carbocycles. The lowest BCUT2D eigenvalue weighted by Crippen LogP contribution is -2.35. The maximum absolute atomic E-state index is 11.8. The Kier molecular flexibility index (Phi) is 5.13. The van der Waals surface area contributed by atoms with Crippen molar-refractivity contribution in [3.8, 4) is 5.75 Å². The highest BCUT2D eigenvalue weighted by Crippen LogP contribution is 2.30. The second-order valence-corrected chi connectivity index (χ2v) is 6.64. The Morgan fingerprint density at radius 3 is 2.78 bits per heavy atom. The quantitative estimate of drug-likeness (QED) is 0.871. The molecule has 23 heavy (non-hydrogen) atoms. The van der Waals surface area contributed by atoms with Gasteiger partial charge in [-0.05, 0) is 38.0 Å². The molecule has 1 aliphatic heterocycles. The number of carboxylic acid groups (broad SMARTS) is 1. The number of amides is 1. The highest BCUT2D eigenvalue weighted by atomic mass is 16.6. The summed E-state index contributed by atoms with van der Waals surface area (Å²) in [6, 6.07) is 5.68. The lowest BCUT2D eigenvalue weighted by atomic mass is 9.93. The predicted molar refractivity (Wildman–Crippen MR) is 84.9 cm³/mol. The number of rotatable bonds is 5. The van der Waals surface area contributed by atoms with E-state index < -0.39 is 17.7 Å². The molecule has 1 atom stereocenters. The Labute approximate surface area is 135 Å². The molecule has 1 amide bonds. The zero-order valence-corrected chi connectivity index (χ0v) is 13.7. The number of fused-ring (bicyclic) bond motifs is 1. The summed E-state index contributed by atoms with van der Waals surface area (Å²) in [7, 11) is 0. The number of alkyl carbamates (subject to hydrolysis) is 1. The summed E-state index contributed by atoms with van der Waals surface area (Å²) in [5, 5.41) is 11.8. The molecule has 0 fully saturated rings. The largest absolute Gasteiger partial charge is 0.493 e. The Bertz CT molecular complexity index is 591. The molecule has 0 saturated heterocycles. The number of hydrogen-bond acceptors (Lipinski definition) is 4. The van der Waals surface area contributed by atoms with Crippen LogP contribution >= 0.6 is 0 Å². The molecule has 0 aromatic heterocycles. The maximum atomic E-state index is 11.8. The van der Waals surface area contributed by atoms with Crippen molar-refractivity contribution in [1.82, 2.24) is 5.32 Å². The van der Waals surface area contributed by atoms with E-state index in [4.69, 9.17) is 14.6 Å². The Morgan fingerprint density at radius 2 is 2.13 bits per heavy atom.